The number of carboxylic acids is 1. The molecule has 0 aliphatic heterocycles. The average molecular weight is 259 g/mol. The van der Waals surface area contributed by atoms with Gasteiger partial charge in [-0.1, -0.05) is 24.3 Å². The third-order valence-corrected chi connectivity index (χ3v) is 2.51. The van der Waals surface area contributed by atoms with Gasteiger partial charge in [0.1, 0.15) is 5.75 Å². The SMILES string of the molecule is O=C(O)c1cccc(Oc2ccccc2CCO)n1. The van der Waals surface area contributed by atoms with Crippen molar-refractivity contribution < 1.29 is 19.7 Å². The van der Waals surface area contributed by atoms with Crippen molar-refractivity contribution in [1.29, 1.82) is 0 Å². The monoisotopic (exact) mass is 259 g/mol. The Hall–Kier alpha value is -2.40. The highest BCUT2D eigenvalue weighted by Gasteiger charge is 2.08. The van der Waals surface area contributed by atoms with Gasteiger partial charge in [-0.3, -0.25) is 0 Å². The quantitative estimate of drug-likeness (QED) is 0.859. The molecule has 1 aromatic heterocycles. The molecule has 0 radical (unpaired) electrons. The highest BCUT2D eigenvalue weighted by molar-refractivity contribution is 5.85. The minimum absolute atomic E-state index is 0.0168. The van der Waals surface area contributed by atoms with Crippen molar-refractivity contribution in [2.45, 2.75) is 6.42 Å². The Labute approximate surface area is 110 Å². The third kappa shape index (κ3) is 3.29. The van der Waals surface area contributed by atoms with E-state index in [0.29, 0.717) is 12.2 Å². The van der Waals surface area contributed by atoms with Gasteiger partial charge in [-0.15, -0.1) is 0 Å². The van der Waals surface area contributed by atoms with Crippen molar-refractivity contribution in [2.24, 2.45) is 0 Å². The average Bonchev–Trinajstić information content (AvgIpc) is 2.41. The van der Waals surface area contributed by atoms with Gasteiger partial charge in [0.25, 0.3) is 0 Å². The van der Waals surface area contributed by atoms with E-state index in [1.54, 1.807) is 24.3 Å². The van der Waals surface area contributed by atoms with E-state index < -0.39 is 5.97 Å². The number of aliphatic hydroxyl groups excluding tert-OH is 1. The molecule has 19 heavy (non-hydrogen) atoms. The van der Waals surface area contributed by atoms with E-state index >= 15 is 0 Å². The number of carbonyl (C=O) groups is 1. The molecule has 0 bridgehead atoms. The lowest BCUT2D eigenvalue weighted by molar-refractivity contribution is 0.0689. The van der Waals surface area contributed by atoms with E-state index in [-0.39, 0.29) is 18.2 Å². The van der Waals surface area contributed by atoms with E-state index in [4.69, 9.17) is 14.9 Å². The maximum absolute atomic E-state index is 10.8. The van der Waals surface area contributed by atoms with Crippen LogP contribution in [0.25, 0.3) is 0 Å². The van der Waals surface area contributed by atoms with E-state index in [0.717, 1.165) is 5.56 Å². The van der Waals surface area contributed by atoms with Crippen molar-refractivity contribution in [2.75, 3.05) is 6.61 Å². The Bertz CT molecular complexity index is 583. The second-order valence-corrected chi connectivity index (χ2v) is 3.85. The van der Waals surface area contributed by atoms with Crippen molar-refractivity contribution in [3.05, 3.63) is 53.7 Å². The Balaban J connectivity index is 2.26. The molecule has 0 fully saturated rings. The van der Waals surface area contributed by atoms with E-state index in [1.807, 2.05) is 12.1 Å². The Morgan fingerprint density at radius 3 is 2.68 bits per heavy atom. The fourth-order valence-corrected chi connectivity index (χ4v) is 1.63. The molecule has 5 nitrogen and oxygen atoms in total. The molecule has 5 heteroatoms. The molecular weight excluding hydrogens is 246 g/mol. The Kier molecular flexibility index (Phi) is 4.10. The van der Waals surface area contributed by atoms with Crippen LogP contribution in [-0.4, -0.2) is 27.8 Å². The lowest BCUT2D eigenvalue weighted by atomic mass is 10.1. The van der Waals surface area contributed by atoms with Crippen LogP contribution < -0.4 is 4.74 Å². The molecule has 1 aromatic carbocycles. The summed E-state index contributed by atoms with van der Waals surface area (Å²) in [6.45, 7) is 0.0168. The Morgan fingerprint density at radius 1 is 1.16 bits per heavy atom. The molecule has 2 N–H and O–H groups in total. The number of hydrogen-bond acceptors (Lipinski definition) is 4. The summed E-state index contributed by atoms with van der Waals surface area (Å²) in [5.41, 5.74) is 0.768. The van der Waals surface area contributed by atoms with Crippen molar-refractivity contribution in [1.82, 2.24) is 4.98 Å². The molecule has 0 saturated carbocycles. The first-order valence-corrected chi connectivity index (χ1v) is 5.77. The number of carboxylic acid groups (broad SMARTS) is 1. The number of aromatic nitrogens is 1. The molecule has 0 spiro atoms. The van der Waals surface area contributed by atoms with Crippen LogP contribution in [0.3, 0.4) is 0 Å². The van der Waals surface area contributed by atoms with Crippen LogP contribution in [0.15, 0.2) is 42.5 Å². The van der Waals surface area contributed by atoms with Crippen LogP contribution >= 0.6 is 0 Å². The van der Waals surface area contributed by atoms with Gasteiger partial charge in [0.15, 0.2) is 5.69 Å². The fourth-order valence-electron chi connectivity index (χ4n) is 1.63. The molecular formula is C14H13NO4. The maximum Gasteiger partial charge on any atom is 0.354 e. The van der Waals surface area contributed by atoms with Crippen molar-refractivity contribution in [3.8, 4) is 11.6 Å². The summed E-state index contributed by atoms with van der Waals surface area (Å²) in [6.07, 6.45) is 0.467. The van der Waals surface area contributed by atoms with Crippen LogP contribution in [0.2, 0.25) is 0 Å². The first-order valence-electron chi connectivity index (χ1n) is 5.77. The molecule has 2 aromatic rings. The minimum atomic E-state index is -1.10. The van der Waals surface area contributed by atoms with Crippen LogP contribution in [-0.2, 0) is 6.42 Å². The fraction of sp³-hybridized carbons (Fsp3) is 0.143. The van der Waals surface area contributed by atoms with Gasteiger partial charge in [-0.2, -0.15) is 0 Å². The summed E-state index contributed by atoms with van der Waals surface area (Å²) in [4.78, 5) is 14.7. The van der Waals surface area contributed by atoms with Crippen LogP contribution in [0.1, 0.15) is 16.1 Å². The predicted octanol–water partition coefficient (Wildman–Crippen LogP) is 2.11. The molecule has 2 rings (SSSR count). The molecule has 0 unspecified atom stereocenters. The lowest BCUT2D eigenvalue weighted by Crippen LogP contribution is -2.01. The number of nitrogens with zero attached hydrogens (tertiary/aromatic N) is 1. The Morgan fingerprint density at radius 2 is 1.95 bits per heavy atom. The van der Waals surface area contributed by atoms with Gasteiger partial charge in [0, 0.05) is 12.7 Å². The molecule has 1 heterocycles. The summed E-state index contributed by atoms with van der Waals surface area (Å²) < 4.78 is 5.57. The molecule has 0 aliphatic carbocycles. The third-order valence-electron chi connectivity index (χ3n) is 2.51. The van der Waals surface area contributed by atoms with Crippen molar-refractivity contribution >= 4 is 5.97 Å². The number of ether oxygens (including phenoxy) is 1. The molecule has 0 saturated heterocycles. The highest BCUT2D eigenvalue weighted by Crippen LogP contribution is 2.24. The standard InChI is InChI=1S/C14H13NO4/c16-9-8-10-4-1-2-6-12(10)19-13-7-3-5-11(15-13)14(17)18/h1-7,16H,8-9H2,(H,17,18). The number of aliphatic hydroxyl groups is 1. The first-order chi connectivity index (χ1) is 9.20. The lowest BCUT2D eigenvalue weighted by Gasteiger charge is -2.09. The number of para-hydroxylation sites is 1. The zero-order valence-corrected chi connectivity index (χ0v) is 10.1. The van der Waals surface area contributed by atoms with E-state index in [9.17, 15) is 4.79 Å². The first kappa shape index (κ1) is 13.0. The number of benzene rings is 1. The zero-order valence-electron chi connectivity index (χ0n) is 10.1. The van der Waals surface area contributed by atoms with Crippen LogP contribution in [0.5, 0.6) is 11.6 Å². The summed E-state index contributed by atoms with van der Waals surface area (Å²) in [7, 11) is 0. The van der Waals surface area contributed by atoms with Gasteiger partial charge >= 0.3 is 5.97 Å². The smallest absolute Gasteiger partial charge is 0.354 e. The van der Waals surface area contributed by atoms with Gasteiger partial charge in [-0.05, 0) is 24.1 Å². The summed E-state index contributed by atoms with van der Waals surface area (Å²) in [5.74, 6) is -0.328. The maximum atomic E-state index is 10.8. The molecule has 0 atom stereocenters. The highest BCUT2D eigenvalue weighted by atomic mass is 16.5. The number of rotatable bonds is 5. The zero-order chi connectivity index (χ0) is 13.7. The topological polar surface area (TPSA) is 79.7 Å². The predicted molar refractivity (Wildman–Crippen MR) is 68.5 cm³/mol. The van der Waals surface area contributed by atoms with Gasteiger partial charge in [0.05, 0.1) is 0 Å². The largest absolute Gasteiger partial charge is 0.477 e. The molecule has 98 valence electrons. The van der Waals surface area contributed by atoms with Gasteiger partial charge in [0.2, 0.25) is 5.88 Å². The van der Waals surface area contributed by atoms with Crippen molar-refractivity contribution in [3.63, 3.8) is 0 Å². The van der Waals surface area contributed by atoms with Crippen LogP contribution in [0.4, 0.5) is 0 Å². The number of aromatic carboxylic acids is 1. The summed E-state index contributed by atoms with van der Waals surface area (Å²) in [5, 5.41) is 17.8. The van der Waals surface area contributed by atoms with E-state index in [1.165, 1.54) is 6.07 Å². The minimum Gasteiger partial charge on any atom is -0.477 e. The normalized spacial score (nSPS) is 10.2. The van der Waals surface area contributed by atoms with Crippen LogP contribution in [0, 0.1) is 0 Å². The second-order valence-electron chi connectivity index (χ2n) is 3.85. The van der Waals surface area contributed by atoms with Gasteiger partial charge < -0.3 is 14.9 Å². The van der Waals surface area contributed by atoms with E-state index in [2.05, 4.69) is 4.98 Å². The summed E-state index contributed by atoms with van der Waals surface area (Å²) >= 11 is 0. The second kappa shape index (κ2) is 5.97. The van der Waals surface area contributed by atoms with Gasteiger partial charge in [-0.25, -0.2) is 9.78 Å². The molecule has 0 aliphatic rings. The number of pyridine rings is 1. The summed E-state index contributed by atoms with van der Waals surface area (Å²) in [6, 6.07) is 11.8. The molecule has 0 amide bonds. The number of hydrogen-bond donors (Lipinski definition) is 2.